The molecule has 1 fully saturated rings. The second kappa shape index (κ2) is 14.8. The van der Waals surface area contributed by atoms with E-state index in [1.807, 2.05) is 59.8 Å². The van der Waals surface area contributed by atoms with E-state index >= 15 is 0 Å². The molecule has 3 heterocycles. The van der Waals surface area contributed by atoms with Crippen LogP contribution in [0.1, 0.15) is 12.5 Å². The maximum atomic E-state index is 13.1. The van der Waals surface area contributed by atoms with Crippen molar-refractivity contribution in [1.29, 1.82) is 0 Å². The van der Waals surface area contributed by atoms with Crippen LogP contribution in [0.5, 0.6) is 0 Å². The van der Waals surface area contributed by atoms with Gasteiger partial charge >= 0.3 is 0 Å². The van der Waals surface area contributed by atoms with Gasteiger partial charge < -0.3 is 14.6 Å². The monoisotopic (exact) mass is 570 g/mol. The van der Waals surface area contributed by atoms with Crippen LogP contribution in [0.3, 0.4) is 0 Å². The number of anilines is 2. The molecule has 2 N–H and O–H groups in total. The first-order valence-corrected chi connectivity index (χ1v) is 14.4. The van der Waals surface area contributed by atoms with Gasteiger partial charge in [-0.2, -0.15) is 0 Å². The molecule has 2 aromatic heterocycles. The molecule has 0 spiro atoms. The van der Waals surface area contributed by atoms with Crippen molar-refractivity contribution in [3.05, 3.63) is 90.7 Å². The van der Waals surface area contributed by atoms with E-state index in [1.165, 1.54) is 0 Å². The number of hydrogen-bond donors (Lipinski definition) is 2. The summed E-state index contributed by atoms with van der Waals surface area (Å²) in [6.07, 6.45) is 3.53. The Kier molecular flexibility index (Phi) is 11.6. The fourth-order valence-electron chi connectivity index (χ4n) is 3.57. The number of pyridine rings is 2. The van der Waals surface area contributed by atoms with E-state index in [-0.39, 0.29) is 6.61 Å². The van der Waals surface area contributed by atoms with Crippen LogP contribution < -0.4 is 9.03 Å². The number of ether oxygens (including phenoxy) is 1. The third-order valence-electron chi connectivity index (χ3n) is 5.30. The summed E-state index contributed by atoms with van der Waals surface area (Å²) >= 11 is 8.18. The lowest BCUT2D eigenvalue weighted by atomic mass is 10.0. The van der Waals surface area contributed by atoms with E-state index in [2.05, 4.69) is 22.9 Å². The smallest absolute Gasteiger partial charge is 0.151 e. The topological polar surface area (TPSA) is 87.6 Å². The number of nitrogens with one attached hydrogen (secondary N) is 1. The van der Waals surface area contributed by atoms with Crippen molar-refractivity contribution < 1.29 is 14.1 Å². The summed E-state index contributed by atoms with van der Waals surface area (Å²) in [5.74, 6) is 0.894. The lowest BCUT2D eigenvalue weighted by molar-refractivity contribution is 0.154. The number of halogens is 1. The molecule has 7 nitrogen and oxygen atoms in total. The number of nitrogens with zero attached hydrogens (tertiary/aromatic N) is 3. The second-order valence-corrected chi connectivity index (χ2v) is 10.5. The Balaban J connectivity index is 0.000000748. The molecule has 1 saturated heterocycles. The van der Waals surface area contributed by atoms with E-state index in [1.54, 1.807) is 37.3 Å². The highest BCUT2D eigenvalue weighted by atomic mass is 35.5. The summed E-state index contributed by atoms with van der Waals surface area (Å²) < 4.78 is 23.7. The summed E-state index contributed by atoms with van der Waals surface area (Å²) in [5, 5.41) is 9.00. The first-order valence-electron chi connectivity index (χ1n) is 11.9. The van der Waals surface area contributed by atoms with Crippen LogP contribution in [0.4, 0.5) is 11.4 Å². The Labute approximate surface area is 235 Å². The van der Waals surface area contributed by atoms with Gasteiger partial charge in [0.15, 0.2) is 11.0 Å². The minimum Gasteiger partial charge on any atom is -0.397 e. The van der Waals surface area contributed by atoms with E-state index in [9.17, 15) is 4.21 Å². The van der Waals surface area contributed by atoms with Gasteiger partial charge in [-0.1, -0.05) is 17.7 Å². The third kappa shape index (κ3) is 7.55. The molecule has 1 unspecified atom stereocenters. The van der Waals surface area contributed by atoms with Gasteiger partial charge in [0.1, 0.15) is 6.73 Å². The zero-order chi connectivity index (χ0) is 27.5. The van der Waals surface area contributed by atoms with Crippen molar-refractivity contribution >= 4 is 56.8 Å². The van der Waals surface area contributed by atoms with E-state index in [0.717, 1.165) is 51.5 Å². The van der Waals surface area contributed by atoms with Gasteiger partial charge in [-0.05, 0) is 79.9 Å². The van der Waals surface area contributed by atoms with E-state index < -0.39 is 11.0 Å². The zero-order valence-corrected chi connectivity index (χ0v) is 23.8. The van der Waals surface area contributed by atoms with E-state index in [4.69, 9.17) is 26.4 Å². The van der Waals surface area contributed by atoms with Crippen LogP contribution >= 0.6 is 23.5 Å². The Hall–Kier alpha value is -2.95. The highest BCUT2D eigenvalue weighted by Crippen LogP contribution is 2.32. The van der Waals surface area contributed by atoms with Gasteiger partial charge in [0.05, 0.1) is 33.4 Å². The molecule has 0 amide bonds. The third-order valence-corrected chi connectivity index (χ3v) is 7.88. The molecule has 0 aliphatic carbocycles. The Morgan fingerprint density at radius 2 is 1.97 bits per heavy atom. The number of hydrogen-bond acceptors (Lipinski definition) is 7. The van der Waals surface area contributed by atoms with Gasteiger partial charge in [-0.25, -0.2) is 9.19 Å². The molecule has 10 heteroatoms. The number of fused-ring (bicyclic) bond motifs is 1. The Morgan fingerprint density at radius 1 is 1.18 bits per heavy atom. The summed E-state index contributed by atoms with van der Waals surface area (Å²) in [6.45, 7) is 11.2. The van der Waals surface area contributed by atoms with Crippen molar-refractivity contribution in [2.24, 2.45) is 0 Å². The highest BCUT2D eigenvalue weighted by Gasteiger charge is 2.16. The molecule has 0 bridgehead atoms. The molecule has 0 radical (unpaired) electrons. The molecule has 0 saturated carbocycles. The lowest BCUT2D eigenvalue weighted by Gasteiger charge is -2.27. The molecule has 2 aromatic carbocycles. The fraction of sp³-hybridized carbons (Fsp3) is 0.214. The zero-order valence-electron chi connectivity index (χ0n) is 21.4. The minimum absolute atomic E-state index is 0.250. The van der Waals surface area contributed by atoms with Crippen LogP contribution in [-0.4, -0.2) is 45.0 Å². The molecule has 200 valence electrons. The number of benzene rings is 2. The van der Waals surface area contributed by atoms with Crippen LogP contribution in [0.25, 0.3) is 22.2 Å². The number of aryl methyl sites for hydroxylation is 1. The van der Waals surface area contributed by atoms with Gasteiger partial charge in [0.2, 0.25) is 0 Å². The first-order chi connectivity index (χ1) is 18.5. The fourth-order valence-corrected chi connectivity index (χ4v) is 5.66. The van der Waals surface area contributed by atoms with Gasteiger partial charge in [-0.3, -0.25) is 9.29 Å². The molecule has 1 atom stereocenters. The van der Waals surface area contributed by atoms with Crippen molar-refractivity contribution in [3.8, 4) is 11.3 Å². The molecule has 5 rings (SSSR count). The minimum atomic E-state index is -1.52. The molecule has 38 heavy (non-hydrogen) atoms. The molecule has 4 aromatic rings. The Morgan fingerprint density at radius 3 is 2.68 bits per heavy atom. The normalized spacial score (nSPS) is 13.5. The van der Waals surface area contributed by atoms with Crippen LogP contribution in [0.2, 0.25) is 5.02 Å². The quantitative estimate of drug-likeness (QED) is 0.205. The lowest BCUT2D eigenvalue weighted by Crippen LogP contribution is -2.25. The second-order valence-electron chi connectivity index (χ2n) is 7.85. The average molecular weight is 571 g/mol. The van der Waals surface area contributed by atoms with Crippen LogP contribution in [-0.2, 0) is 15.7 Å². The molecule has 1 aliphatic heterocycles. The van der Waals surface area contributed by atoms with Crippen LogP contribution in [0.15, 0.2) is 85.0 Å². The highest BCUT2D eigenvalue weighted by molar-refractivity contribution is 8.00. The van der Waals surface area contributed by atoms with Gasteiger partial charge in [0.25, 0.3) is 0 Å². The van der Waals surface area contributed by atoms with Crippen molar-refractivity contribution in [1.82, 2.24) is 9.97 Å². The molecule has 1 aliphatic rings. The number of rotatable bonds is 5. The van der Waals surface area contributed by atoms with Gasteiger partial charge in [-0.15, -0.1) is 13.2 Å². The standard InChI is InChI=1S/C24H21ClN4O2S2.C2H6O.C2H4/c1-16-2-4-18(12-20(16)23-6-3-17-14-26-9-8-22(17)27-23)28-33(30)24-7-5-19(13-21(24)25)29-15-31-10-11-32-29;1-2-3;1-2/h2-9,12-14,28H,10-11,15H2,1H3;3H,2H2,1H3;1-2H2. The van der Waals surface area contributed by atoms with Gasteiger partial charge in [0, 0.05) is 41.4 Å². The summed E-state index contributed by atoms with van der Waals surface area (Å²) in [5.41, 5.74) is 5.44. The predicted molar refractivity (Wildman–Crippen MR) is 161 cm³/mol. The average Bonchev–Trinajstić information content (AvgIpc) is 2.95. The predicted octanol–water partition coefficient (Wildman–Crippen LogP) is 6.64. The summed E-state index contributed by atoms with van der Waals surface area (Å²) in [6, 6.07) is 17.3. The SMILES string of the molecule is C=C.CCO.Cc1ccc(NS(=O)c2ccc(N3COCCS3)cc2Cl)cc1-c1ccc2cnccc2n1. The number of aromatic nitrogens is 2. The maximum Gasteiger partial charge on any atom is 0.151 e. The summed E-state index contributed by atoms with van der Waals surface area (Å²) in [4.78, 5) is 9.44. The first kappa shape index (κ1) is 29.6. The largest absolute Gasteiger partial charge is 0.397 e. The molecular formula is C28H31ClN4O3S2. The number of aliphatic hydroxyl groups is 1. The molecular weight excluding hydrogens is 540 g/mol. The van der Waals surface area contributed by atoms with Crippen LogP contribution in [0, 0.1) is 6.92 Å². The maximum absolute atomic E-state index is 13.1. The van der Waals surface area contributed by atoms with E-state index in [0.29, 0.717) is 16.6 Å². The van der Waals surface area contributed by atoms with Crippen molar-refractivity contribution in [2.45, 2.75) is 18.7 Å². The van der Waals surface area contributed by atoms with Crippen molar-refractivity contribution in [3.63, 3.8) is 0 Å². The number of aliphatic hydroxyl groups excluding tert-OH is 1. The Bertz CT molecular complexity index is 1380. The van der Waals surface area contributed by atoms with Crippen molar-refractivity contribution in [2.75, 3.05) is 34.7 Å². The summed E-state index contributed by atoms with van der Waals surface area (Å²) in [7, 11) is -1.52.